The Morgan fingerprint density at radius 3 is 2.95 bits per heavy atom. The van der Waals surface area contributed by atoms with E-state index in [1.165, 1.54) is 5.56 Å². The molecule has 0 amide bonds. The van der Waals surface area contributed by atoms with Gasteiger partial charge in [0.25, 0.3) is 0 Å². The molecule has 20 heavy (non-hydrogen) atoms. The maximum Gasteiger partial charge on any atom is 0.120 e. The van der Waals surface area contributed by atoms with Gasteiger partial charge in [-0.25, -0.2) is 0 Å². The van der Waals surface area contributed by atoms with Crippen LogP contribution in [0.2, 0.25) is 0 Å². The number of furan rings is 1. The zero-order chi connectivity index (χ0) is 13.9. The van der Waals surface area contributed by atoms with E-state index in [2.05, 4.69) is 51.4 Å². The van der Waals surface area contributed by atoms with E-state index < -0.39 is 0 Å². The lowest BCUT2D eigenvalue weighted by Gasteiger charge is -2.13. The lowest BCUT2D eigenvalue weighted by atomic mass is 10.1. The van der Waals surface area contributed by atoms with Gasteiger partial charge in [-0.2, -0.15) is 0 Å². The van der Waals surface area contributed by atoms with Crippen molar-refractivity contribution in [1.82, 2.24) is 10.3 Å². The highest BCUT2D eigenvalue weighted by Crippen LogP contribution is 2.25. The molecular formula is C16H15BrN2O. The first-order valence-corrected chi connectivity index (χ1v) is 7.34. The number of halogens is 1. The van der Waals surface area contributed by atoms with Crippen LogP contribution in [0.25, 0.3) is 10.9 Å². The molecule has 4 heteroatoms. The smallest absolute Gasteiger partial charge is 0.120 e. The Morgan fingerprint density at radius 1 is 1.25 bits per heavy atom. The number of hydrogen-bond acceptors (Lipinski definition) is 3. The number of nitrogens with one attached hydrogen (secondary N) is 1. The molecule has 1 atom stereocenters. The van der Waals surface area contributed by atoms with Gasteiger partial charge in [0.2, 0.25) is 0 Å². The summed E-state index contributed by atoms with van der Waals surface area (Å²) in [5, 5.41) is 4.60. The molecule has 0 saturated heterocycles. The summed E-state index contributed by atoms with van der Waals surface area (Å²) in [5.74, 6) is 0.944. The normalized spacial score (nSPS) is 12.7. The van der Waals surface area contributed by atoms with Gasteiger partial charge in [0, 0.05) is 22.6 Å². The number of aromatic nitrogens is 1. The minimum absolute atomic E-state index is 0.174. The Labute approximate surface area is 126 Å². The molecule has 0 aliphatic carbocycles. The molecule has 3 rings (SSSR count). The average Bonchev–Trinajstić information content (AvgIpc) is 3.01. The molecule has 3 aromatic rings. The van der Waals surface area contributed by atoms with Gasteiger partial charge in [0.1, 0.15) is 5.76 Å². The van der Waals surface area contributed by atoms with E-state index >= 15 is 0 Å². The summed E-state index contributed by atoms with van der Waals surface area (Å²) in [5.41, 5.74) is 2.21. The van der Waals surface area contributed by atoms with Crippen molar-refractivity contribution >= 4 is 26.8 Å². The van der Waals surface area contributed by atoms with Crippen LogP contribution in [-0.2, 0) is 6.54 Å². The van der Waals surface area contributed by atoms with Gasteiger partial charge in [0.05, 0.1) is 17.8 Å². The number of fused-ring (bicyclic) bond motifs is 1. The molecule has 2 aromatic heterocycles. The van der Waals surface area contributed by atoms with E-state index in [1.54, 1.807) is 6.26 Å². The molecule has 1 aromatic carbocycles. The maximum atomic E-state index is 5.40. The van der Waals surface area contributed by atoms with Crippen LogP contribution in [-0.4, -0.2) is 4.98 Å². The summed E-state index contributed by atoms with van der Waals surface area (Å²) in [4.78, 5) is 4.49. The molecule has 2 heterocycles. The quantitative estimate of drug-likeness (QED) is 0.768. The Hall–Kier alpha value is -1.65. The van der Waals surface area contributed by atoms with Gasteiger partial charge in [-0.05, 0) is 36.8 Å². The van der Waals surface area contributed by atoms with Crippen LogP contribution in [0.15, 0.2) is 57.7 Å². The van der Waals surface area contributed by atoms with E-state index in [0.29, 0.717) is 0 Å². The number of hydrogen-bond donors (Lipinski definition) is 1. The average molecular weight is 331 g/mol. The molecule has 0 bridgehead atoms. The van der Waals surface area contributed by atoms with Crippen molar-refractivity contribution < 1.29 is 4.42 Å². The van der Waals surface area contributed by atoms with Gasteiger partial charge in [0.15, 0.2) is 0 Å². The Bertz CT molecular complexity index is 710. The highest BCUT2D eigenvalue weighted by atomic mass is 79.9. The third kappa shape index (κ3) is 2.62. The summed E-state index contributed by atoms with van der Waals surface area (Å²) in [6.45, 7) is 2.84. The van der Waals surface area contributed by atoms with Crippen LogP contribution in [0.4, 0.5) is 0 Å². The number of benzene rings is 1. The standard InChI is InChI=1S/C16H15BrN2O/c1-11(15-5-3-9-20-15)19-10-12-6-7-14(17)13-4-2-8-18-16(12)13/h2-9,11,19H,10H2,1H3. The molecular weight excluding hydrogens is 316 g/mol. The van der Waals surface area contributed by atoms with Gasteiger partial charge in [-0.3, -0.25) is 4.98 Å². The van der Waals surface area contributed by atoms with Crippen molar-refractivity contribution in [2.45, 2.75) is 19.5 Å². The van der Waals surface area contributed by atoms with Crippen molar-refractivity contribution in [1.29, 1.82) is 0 Å². The molecule has 0 radical (unpaired) electrons. The number of pyridine rings is 1. The Kier molecular flexibility index (Phi) is 3.85. The zero-order valence-electron chi connectivity index (χ0n) is 11.1. The van der Waals surface area contributed by atoms with Crippen molar-refractivity contribution in [2.75, 3.05) is 0 Å². The molecule has 0 fully saturated rings. The Morgan fingerprint density at radius 2 is 2.15 bits per heavy atom. The fraction of sp³-hybridized carbons (Fsp3) is 0.188. The molecule has 0 spiro atoms. The van der Waals surface area contributed by atoms with Crippen molar-refractivity contribution in [3.63, 3.8) is 0 Å². The van der Waals surface area contributed by atoms with Gasteiger partial charge >= 0.3 is 0 Å². The lowest BCUT2D eigenvalue weighted by Crippen LogP contribution is -2.17. The van der Waals surface area contributed by atoms with E-state index in [4.69, 9.17) is 4.42 Å². The molecule has 102 valence electrons. The highest BCUT2D eigenvalue weighted by molar-refractivity contribution is 9.10. The molecule has 1 N–H and O–H groups in total. The van der Waals surface area contributed by atoms with E-state index in [1.807, 2.05) is 24.4 Å². The summed E-state index contributed by atoms with van der Waals surface area (Å²) in [6.07, 6.45) is 3.53. The van der Waals surface area contributed by atoms with Crippen LogP contribution in [0, 0.1) is 0 Å². The second-order valence-electron chi connectivity index (χ2n) is 4.72. The van der Waals surface area contributed by atoms with Crippen LogP contribution in [0.5, 0.6) is 0 Å². The van der Waals surface area contributed by atoms with Crippen LogP contribution in [0.1, 0.15) is 24.3 Å². The Balaban J connectivity index is 1.83. The van der Waals surface area contributed by atoms with Crippen LogP contribution in [0.3, 0.4) is 0 Å². The zero-order valence-corrected chi connectivity index (χ0v) is 12.7. The topological polar surface area (TPSA) is 38.1 Å². The second-order valence-corrected chi connectivity index (χ2v) is 5.58. The monoisotopic (exact) mass is 330 g/mol. The third-order valence-electron chi connectivity index (χ3n) is 3.37. The SMILES string of the molecule is CC(NCc1ccc(Br)c2cccnc12)c1ccco1. The largest absolute Gasteiger partial charge is 0.468 e. The summed E-state index contributed by atoms with van der Waals surface area (Å²) in [7, 11) is 0. The van der Waals surface area contributed by atoms with Crippen LogP contribution < -0.4 is 5.32 Å². The summed E-state index contributed by atoms with van der Waals surface area (Å²) < 4.78 is 6.48. The summed E-state index contributed by atoms with van der Waals surface area (Å²) >= 11 is 3.57. The predicted molar refractivity (Wildman–Crippen MR) is 83.4 cm³/mol. The first-order chi connectivity index (χ1) is 9.75. The molecule has 0 saturated carbocycles. The minimum atomic E-state index is 0.174. The minimum Gasteiger partial charge on any atom is -0.468 e. The first kappa shape index (κ1) is 13.3. The van der Waals surface area contributed by atoms with Crippen molar-refractivity contribution in [3.8, 4) is 0 Å². The molecule has 0 aliphatic heterocycles. The highest BCUT2D eigenvalue weighted by Gasteiger charge is 2.10. The van der Waals surface area contributed by atoms with Gasteiger partial charge in [-0.15, -0.1) is 0 Å². The van der Waals surface area contributed by atoms with E-state index in [-0.39, 0.29) is 6.04 Å². The van der Waals surface area contributed by atoms with E-state index in [0.717, 1.165) is 27.7 Å². The summed E-state index contributed by atoms with van der Waals surface area (Å²) in [6, 6.07) is 12.3. The number of nitrogens with zero attached hydrogens (tertiary/aromatic N) is 1. The number of rotatable bonds is 4. The van der Waals surface area contributed by atoms with Gasteiger partial charge < -0.3 is 9.73 Å². The molecule has 0 aliphatic rings. The maximum absolute atomic E-state index is 5.40. The molecule has 1 unspecified atom stereocenters. The predicted octanol–water partition coefficient (Wildman–Crippen LogP) is 4.44. The fourth-order valence-corrected chi connectivity index (χ4v) is 2.69. The second kappa shape index (κ2) is 5.77. The van der Waals surface area contributed by atoms with E-state index in [9.17, 15) is 0 Å². The van der Waals surface area contributed by atoms with Crippen LogP contribution >= 0.6 is 15.9 Å². The lowest BCUT2D eigenvalue weighted by molar-refractivity contribution is 0.430. The van der Waals surface area contributed by atoms with Gasteiger partial charge in [-0.1, -0.05) is 28.1 Å². The third-order valence-corrected chi connectivity index (χ3v) is 4.06. The van der Waals surface area contributed by atoms with Crippen molar-refractivity contribution in [2.24, 2.45) is 0 Å². The van der Waals surface area contributed by atoms with Crippen molar-refractivity contribution in [3.05, 3.63) is 64.7 Å². The first-order valence-electron chi connectivity index (χ1n) is 6.54. The molecule has 3 nitrogen and oxygen atoms in total. The fourth-order valence-electron chi connectivity index (χ4n) is 2.24.